The molecule has 1 aromatic heterocycles. The molecule has 0 bridgehead atoms. The van der Waals surface area contributed by atoms with Gasteiger partial charge >= 0.3 is 5.97 Å². The van der Waals surface area contributed by atoms with Gasteiger partial charge in [-0.15, -0.1) is 0 Å². The lowest BCUT2D eigenvalue weighted by Gasteiger charge is -2.38. The van der Waals surface area contributed by atoms with Gasteiger partial charge < -0.3 is 9.64 Å². The molecule has 0 unspecified atom stereocenters. The van der Waals surface area contributed by atoms with Crippen LogP contribution >= 0.6 is 11.3 Å². The van der Waals surface area contributed by atoms with Crippen LogP contribution in [0.2, 0.25) is 0 Å². The van der Waals surface area contributed by atoms with Crippen molar-refractivity contribution < 1.29 is 13.9 Å². The number of hydrogen-bond acceptors (Lipinski definition) is 5. The van der Waals surface area contributed by atoms with E-state index in [4.69, 9.17) is 4.74 Å². The summed E-state index contributed by atoms with van der Waals surface area (Å²) in [5.41, 5.74) is 3.36. The van der Waals surface area contributed by atoms with E-state index in [-0.39, 0.29) is 17.9 Å². The molecule has 1 aliphatic heterocycles. The van der Waals surface area contributed by atoms with Gasteiger partial charge in [-0.2, -0.15) is 0 Å². The molecule has 6 heteroatoms. The quantitative estimate of drug-likeness (QED) is 0.663. The third kappa shape index (κ3) is 3.09. The Morgan fingerprint density at radius 2 is 2.04 bits per heavy atom. The molecule has 0 atom stereocenters. The molecule has 2 heterocycles. The highest BCUT2D eigenvalue weighted by molar-refractivity contribution is 7.22. The average Bonchev–Trinajstić information content (AvgIpc) is 2.94. The van der Waals surface area contributed by atoms with E-state index in [2.05, 4.69) is 4.98 Å². The van der Waals surface area contributed by atoms with Gasteiger partial charge in [0.25, 0.3) is 0 Å². The zero-order valence-corrected chi connectivity index (χ0v) is 14.8. The molecule has 0 aliphatic carbocycles. The summed E-state index contributed by atoms with van der Waals surface area (Å²) in [6.07, 6.45) is -0.142. The Balaban J connectivity index is 1.41. The molecule has 0 spiro atoms. The van der Waals surface area contributed by atoms with Crippen molar-refractivity contribution >= 4 is 32.7 Å². The number of carbonyl (C=O) groups excluding carboxylic acids is 1. The van der Waals surface area contributed by atoms with E-state index >= 15 is 0 Å². The lowest BCUT2D eigenvalue weighted by Crippen LogP contribution is -2.53. The van der Waals surface area contributed by atoms with Gasteiger partial charge in [0.2, 0.25) is 0 Å². The van der Waals surface area contributed by atoms with Crippen molar-refractivity contribution in [2.75, 3.05) is 18.0 Å². The van der Waals surface area contributed by atoms with Crippen LogP contribution in [0.5, 0.6) is 0 Å². The first-order chi connectivity index (χ1) is 12.0. The summed E-state index contributed by atoms with van der Waals surface area (Å²) in [6, 6.07) is 10.4. The fourth-order valence-electron chi connectivity index (χ4n) is 2.86. The summed E-state index contributed by atoms with van der Waals surface area (Å²) in [4.78, 5) is 18.9. The molecule has 3 aromatic rings. The Labute approximate surface area is 148 Å². The molecular formula is C19H17FN2O2S. The summed E-state index contributed by atoms with van der Waals surface area (Å²) >= 11 is 1.45. The van der Waals surface area contributed by atoms with Crippen molar-refractivity contribution in [1.82, 2.24) is 4.98 Å². The normalized spacial score (nSPS) is 14.6. The number of halogens is 1. The number of aromatic nitrogens is 1. The standard InChI is InChI=1S/C19H17FN2O2S/c1-11-3-4-12(2)15(7-11)18(23)24-14-9-22(10-14)19-21-16-6-5-13(20)8-17(16)25-19/h3-8,14H,9-10H2,1-2H3. The molecule has 2 aromatic carbocycles. The highest BCUT2D eigenvalue weighted by Crippen LogP contribution is 2.32. The Morgan fingerprint density at radius 1 is 1.24 bits per heavy atom. The first-order valence-electron chi connectivity index (χ1n) is 8.09. The van der Waals surface area contributed by atoms with E-state index in [0.717, 1.165) is 26.5 Å². The van der Waals surface area contributed by atoms with Gasteiger partial charge in [0.05, 0.1) is 28.9 Å². The number of aryl methyl sites for hydroxylation is 2. The van der Waals surface area contributed by atoms with Gasteiger partial charge in [-0.1, -0.05) is 29.0 Å². The van der Waals surface area contributed by atoms with Gasteiger partial charge in [0, 0.05) is 0 Å². The lowest BCUT2D eigenvalue weighted by molar-refractivity contribution is 0.0233. The molecule has 0 amide bonds. The van der Waals surface area contributed by atoms with Gasteiger partial charge in [-0.25, -0.2) is 14.2 Å². The number of benzene rings is 2. The molecule has 0 radical (unpaired) electrons. The Kier molecular flexibility index (Phi) is 3.92. The van der Waals surface area contributed by atoms with Crippen molar-refractivity contribution in [2.24, 2.45) is 0 Å². The molecule has 1 aliphatic rings. The van der Waals surface area contributed by atoms with Crippen molar-refractivity contribution in [2.45, 2.75) is 20.0 Å². The van der Waals surface area contributed by atoms with E-state index < -0.39 is 0 Å². The maximum absolute atomic E-state index is 13.3. The zero-order valence-electron chi connectivity index (χ0n) is 14.0. The first-order valence-corrected chi connectivity index (χ1v) is 8.90. The summed E-state index contributed by atoms with van der Waals surface area (Å²) < 4.78 is 19.7. The second-order valence-electron chi connectivity index (χ2n) is 6.36. The van der Waals surface area contributed by atoms with Crippen LogP contribution in [-0.2, 0) is 4.74 Å². The highest BCUT2D eigenvalue weighted by Gasteiger charge is 2.32. The first kappa shape index (κ1) is 16.0. The minimum atomic E-state index is -0.280. The largest absolute Gasteiger partial charge is 0.455 e. The van der Waals surface area contributed by atoms with Crippen LogP contribution in [0.1, 0.15) is 21.5 Å². The number of anilines is 1. The van der Waals surface area contributed by atoms with Crippen LogP contribution in [0, 0.1) is 19.7 Å². The van der Waals surface area contributed by atoms with Crippen molar-refractivity contribution in [3.05, 3.63) is 58.9 Å². The van der Waals surface area contributed by atoms with E-state index in [0.29, 0.717) is 18.7 Å². The second-order valence-corrected chi connectivity index (χ2v) is 7.37. The zero-order chi connectivity index (χ0) is 17.6. The van der Waals surface area contributed by atoms with Crippen molar-refractivity contribution in [3.8, 4) is 0 Å². The SMILES string of the molecule is Cc1ccc(C)c(C(=O)OC2CN(c3nc4ccc(F)cc4s3)C2)c1. The summed E-state index contributed by atoms with van der Waals surface area (Å²) in [7, 11) is 0. The lowest BCUT2D eigenvalue weighted by atomic mass is 10.1. The van der Waals surface area contributed by atoms with Crippen molar-refractivity contribution in [3.63, 3.8) is 0 Å². The molecule has 4 rings (SSSR count). The number of esters is 1. The van der Waals surface area contributed by atoms with Crippen LogP contribution in [-0.4, -0.2) is 30.1 Å². The van der Waals surface area contributed by atoms with Crippen molar-refractivity contribution in [1.29, 1.82) is 0 Å². The van der Waals surface area contributed by atoms with Gasteiger partial charge in [0.15, 0.2) is 5.13 Å². The smallest absolute Gasteiger partial charge is 0.338 e. The number of rotatable bonds is 3. The summed E-state index contributed by atoms with van der Waals surface area (Å²) in [5, 5.41) is 0.833. The van der Waals surface area contributed by atoms with Gasteiger partial charge in [0.1, 0.15) is 11.9 Å². The highest BCUT2D eigenvalue weighted by atomic mass is 32.1. The molecule has 1 fully saturated rings. The summed E-state index contributed by atoms with van der Waals surface area (Å²) in [6.45, 7) is 5.08. The molecular weight excluding hydrogens is 339 g/mol. The molecule has 0 N–H and O–H groups in total. The second kappa shape index (κ2) is 6.11. The third-order valence-electron chi connectivity index (χ3n) is 4.34. The molecule has 25 heavy (non-hydrogen) atoms. The molecule has 1 saturated heterocycles. The van der Waals surface area contributed by atoms with E-state index in [9.17, 15) is 9.18 Å². The van der Waals surface area contributed by atoms with Crippen LogP contribution in [0.15, 0.2) is 36.4 Å². The van der Waals surface area contributed by atoms with Crippen LogP contribution in [0.4, 0.5) is 9.52 Å². The fraction of sp³-hybridized carbons (Fsp3) is 0.263. The van der Waals surface area contributed by atoms with E-state index in [1.807, 2.05) is 36.9 Å². The van der Waals surface area contributed by atoms with Gasteiger partial charge in [-0.3, -0.25) is 0 Å². The number of thiazole rings is 1. The Hall–Kier alpha value is -2.47. The summed E-state index contributed by atoms with van der Waals surface area (Å²) in [5.74, 6) is -0.538. The Bertz CT molecular complexity index is 963. The maximum Gasteiger partial charge on any atom is 0.338 e. The monoisotopic (exact) mass is 356 g/mol. The number of fused-ring (bicyclic) bond motifs is 1. The third-order valence-corrected chi connectivity index (χ3v) is 5.42. The van der Waals surface area contributed by atoms with Crippen LogP contribution in [0.25, 0.3) is 10.2 Å². The molecule has 4 nitrogen and oxygen atoms in total. The minimum absolute atomic E-state index is 0.142. The predicted molar refractivity (Wildman–Crippen MR) is 96.9 cm³/mol. The number of hydrogen-bond donors (Lipinski definition) is 0. The minimum Gasteiger partial charge on any atom is -0.455 e. The van der Waals surface area contributed by atoms with Gasteiger partial charge in [-0.05, 0) is 43.7 Å². The molecule has 0 saturated carbocycles. The van der Waals surface area contributed by atoms with E-state index in [1.165, 1.54) is 23.5 Å². The average molecular weight is 356 g/mol. The number of ether oxygens (including phenoxy) is 1. The topological polar surface area (TPSA) is 42.4 Å². The molecule has 128 valence electrons. The Morgan fingerprint density at radius 3 is 2.84 bits per heavy atom. The predicted octanol–water partition coefficient (Wildman–Crippen LogP) is 4.10. The van der Waals surface area contributed by atoms with Crippen LogP contribution < -0.4 is 4.90 Å². The number of carbonyl (C=O) groups is 1. The number of nitrogens with zero attached hydrogens (tertiary/aromatic N) is 2. The fourth-order valence-corrected chi connectivity index (χ4v) is 3.87. The van der Waals surface area contributed by atoms with E-state index in [1.54, 1.807) is 6.07 Å². The van der Waals surface area contributed by atoms with Crippen LogP contribution in [0.3, 0.4) is 0 Å². The maximum atomic E-state index is 13.3.